The molecular weight excluding hydrogens is 284 g/mol. The van der Waals surface area contributed by atoms with Gasteiger partial charge in [0, 0.05) is 24.9 Å². The lowest BCUT2D eigenvalue weighted by molar-refractivity contribution is -0.0485. The SMILES string of the molecule is C[C@H](CC#CCN1CCCC[C@@H]1c1cccnc1)OC(C)(C)C. The summed E-state index contributed by atoms with van der Waals surface area (Å²) in [6, 6.07) is 4.68. The molecule has 23 heavy (non-hydrogen) atoms. The van der Waals surface area contributed by atoms with Crippen molar-refractivity contribution in [2.45, 2.75) is 71.1 Å². The van der Waals surface area contributed by atoms with Crippen LogP contribution in [0.2, 0.25) is 0 Å². The second-order valence-corrected chi connectivity index (χ2v) is 7.37. The summed E-state index contributed by atoms with van der Waals surface area (Å²) >= 11 is 0. The van der Waals surface area contributed by atoms with Crippen LogP contribution in [0.4, 0.5) is 0 Å². The highest BCUT2D eigenvalue weighted by atomic mass is 16.5. The van der Waals surface area contributed by atoms with Gasteiger partial charge in [0.25, 0.3) is 0 Å². The minimum Gasteiger partial charge on any atom is -0.372 e. The van der Waals surface area contributed by atoms with Gasteiger partial charge in [-0.3, -0.25) is 9.88 Å². The molecule has 0 radical (unpaired) electrons. The molecule has 1 aliphatic rings. The predicted octanol–water partition coefficient (Wildman–Crippen LogP) is 4.21. The Hall–Kier alpha value is -1.37. The van der Waals surface area contributed by atoms with E-state index in [1.807, 2.05) is 18.5 Å². The molecule has 0 aromatic carbocycles. The number of hydrogen-bond acceptors (Lipinski definition) is 3. The molecule has 0 amide bonds. The Bertz CT molecular complexity index is 524. The zero-order valence-electron chi connectivity index (χ0n) is 15.0. The van der Waals surface area contributed by atoms with Gasteiger partial charge in [-0.25, -0.2) is 0 Å². The maximum Gasteiger partial charge on any atom is 0.0663 e. The molecule has 0 unspecified atom stereocenters. The minimum atomic E-state index is -0.0978. The Labute approximate surface area is 141 Å². The molecular formula is C20H30N2O. The van der Waals surface area contributed by atoms with E-state index < -0.39 is 0 Å². The van der Waals surface area contributed by atoms with Gasteiger partial charge in [-0.1, -0.05) is 24.3 Å². The molecule has 2 heterocycles. The summed E-state index contributed by atoms with van der Waals surface area (Å²) in [5, 5.41) is 0. The van der Waals surface area contributed by atoms with Gasteiger partial charge in [-0.05, 0) is 58.7 Å². The lowest BCUT2D eigenvalue weighted by Crippen LogP contribution is -2.33. The second kappa shape index (κ2) is 8.47. The maximum absolute atomic E-state index is 5.90. The number of likely N-dealkylation sites (tertiary alicyclic amines) is 1. The highest BCUT2D eigenvalue weighted by molar-refractivity contribution is 5.16. The Morgan fingerprint density at radius 1 is 1.35 bits per heavy atom. The van der Waals surface area contributed by atoms with Crippen molar-refractivity contribution in [2.75, 3.05) is 13.1 Å². The van der Waals surface area contributed by atoms with Gasteiger partial charge in [0.05, 0.1) is 18.2 Å². The van der Waals surface area contributed by atoms with Crippen LogP contribution in [-0.2, 0) is 4.74 Å². The Morgan fingerprint density at radius 3 is 2.87 bits per heavy atom. The van der Waals surface area contributed by atoms with E-state index >= 15 is 0 Å². The first-order valence-electron chi connectivity index (χ1n) is 8.73. The van der Waals surface area contributed by atoms with Gasteiger partial charge >= 0.3 is 0 Å². The van der Waals surface area contributed by atoms with Crippen molar-refractivity contribution >= 4 is 0 Å². The molecule has 0 saturated carbocycles. The van der Waals surface area contributed by atoms with E-state index in [9.17, 15) is 0 Å². The Kier molecular flexibility index (Phi) is 6.62. The number of aromatic nitrogens is 1. The number of piperidine rings is 1. The fourth-order valence-electron chi connectivity index (χ4n) is 3.15. The second-order valence-electron chi connectivity index (χ2n) is 7.37. The third-order valence-corrected chi connectivity index (χ3v) is 4.03. The van der Waals surface area contributed by atoms with Crippen LogP contribution in [0.3, 0.4) is 0 Å². The monoisotopic (exact) mass is 314 g/mol. The summed E-state index contributed by atoms with van der Waals surface area (Å²) in [4.78, 5) is 6.76. The lowest BCUT2D eigenvalue weighted by Gasteiger charge is -2.34. The largest absolute Gasteiger partial charge is 0.372 e. The van der Waals surface area contributed by atoms with E-state index in [1.54, 1.807) is 0 Å². The number of ether oxygens (including phenoxy) is 1. The van der Waals surface area contributed by atoms with Gasteiger partial charge < -0.3 is 4.74 Å². The standard InChI is InChI=1S/C20H30N2O/c1-17(23-20(2,3)4)10-5-7-14-22-15-8-6-12-19(22)18-11-9-13-21-16-18/h9,11,13,16-17,19H,6,8,10,12,14-15H2,1-4H3/t17-,19-/m1/s1. The Morgan fingerprint density at radius 2 is 2.17 bits per heavy atom. The van der Waals surface area contributed by atoms with E-state index in [4.69, 9.17) is 4.74 Å². The molecule has 0 aliphatic carbocycles. The topological polar surface area (TPSA) is 25.4 Å². The lowest BCUT2D eigenvalue weighted by atomic mass is 9.96. The zero-order valence-corrected chi connectivity index (χ0v) is 15.0. The summed E-state index contributed by atoms with van der Waals surface area (Å²) in [5.41, 5.74) is 1.22. The molecule has 3 heteroatoms. The molecule has 2 atom stereocenters. The molecule has 1 aliphatic heterocycles. The van der Waals surface area contributed by atoms with Crippen molar-refractivity contribution in [3.8, 4) is 11.8 Å². The molecule has 0 N–H and O–H groups in total. The molecule has 0 spiro atoms. The molecule has 2 rings (SSSR count). The molecule has 0 bridgehead atoms. The molecule has 1 aromatic heterocycles. The summed E-state index contributed by atoms with van der Waals surface area (Å²) < 4.78 is 5.90. The number of nitrogens with zero attached hydrogens (tertiary/aromatic N) is 2. The van der Waals surface area contributed by atoms with Gasteiger partial charge in [-0.15, -0.1) is 0 Å². The first-order valence-corrected chi connectivity index (χ1v) is 8.73. The number of hydrogen-bond donors (Lipinski definition) is 0. The highest BCUT2D eigenvalue weighted by Gasteiger charge is 2.23. The van der Waals surface area contributed by atoms with Crippen molar-refractivity contribution in [2.24, 2.45) is 0 Å². The van der Waals surface area contributed by atoms with Crippen LogP contribution in [0, 0.1) is 11.8 Å². The van der Waals surface area contributed by atoms with Crippen LogP contribution >= 0.6 is 0 Å². The van der Waals surface area contributed by atoms with Crippen LogP contribution in [-0.4, -0.2) is 34.7 Å². The van der Waals surface area contributed by atoms with E-state index in [1.165, 1.54) is 24.8 Å². The summed E-state index contributed by atoms with van der Waals surface area (Å²) in [5.74, 6) is 6.64. The maximum atomic E-state index is 5.90. The van der Waals surface area contributed by atoms with Crippen molar-refractivity contribution in [1.29, 1.82) is 0 Å². The van der Waals surface area contributed by atoms with Crippen LogP contribution in [0.25, 0.3) is 0 Å². The van der Waals surface area contributed by atoms with Crippen molar-refractivity contribution in [3.63, 3.8) is 0 Å². The summed E-state index contributed by atoms with van der Waals surface area (Å²) in [6.45, 7) is 10.3. The fourth-order valence-corrected chi connectivity index (χ4v) is 3.15. The molecule has 1 fully saturated rings. The molecule has 126 valence electrons. The van der Waals surface area contributed by atoms with Gasteiger partial charge in [0.2, 0.25) is 0 Å². The molecule has 1 saturated heterocycles. The van der Waals surface area contributed by atoms with Crippen LogP contribution in [0.1, 0.15) is 65.0 Å². The van der Waals surface area contributed by atoms with Gasteiger partial charge in [-0.2, -0.15) is 0 Å². The number of rotatable bonds is 4. The van der Waals surface area contributed by atoms with Crippen LogP contribution in [0.5, 0.6) is 0 Å². The molecule has 1 aromatic rings. The zero-order chi connectivity index (χ0) is 16.7. The van der Waals surface area contributed by atoms with Gasteiger partial charge in [0.1, 0.15) is 0 Å². The summed E-state index contributed by atoms with van der Waals surface area (Å²) in [7, 11) is 0. The Balaban J connectivity index is 1.87. The molecule has 3 nitrogen and oxygen atoms in total. The highest BCUT2D eigenvalue weighted by Crippen LogP contribution is 2.29. The average molecular weight is 314 g/mol. The quantitative estimate of drug-likeness (QED) is 0.779. The van der Waals surface area contributed by atoms with Crippen LogP contribution < -0.4 is 0 Å². The summed E-state index contributed by atoms with van der Waals surface area (Å²) in [6.07, 6.45) is 8.57. The first kappa shape index (κ1) is 18.0. The van der Waals surface area contributed by atoms with Crippen molar-refractivity contribution < 1.29 is 4.74 Å². The van der Waals surface area contributed by atoms with E-state index in [2.05, 4.69) is 55.5 Å². The van der Waals surface area contributed by atoms with E-state index in [0.717, 1.165) is 19.5 Å². The van der Waals surface area contributed by atoms with Gasteiger partial charge in [0.15, 0.2) is 0 Å². The average Bonchev–Trinajstić information content (AvgIpc) is 2.51. The third kappa shape index (κ3) is 6.33. The minimum absolute atomic E-state index is 0.0978. The smallest absolute Gasteiger partial charge is 0.0663 e. The van der Waals surface area contributed by atoms with E-state index in [0.29, 0.717) is 6.04 Å². The van der Waals surface area contributed by atoms with E-state index in [-0.39, 0.29) is 11.7 Å². The van der Waals surface area contributed by atoms with Crippen LogP contribution in [0.15, 0.2) is 24.5 Å². The number of pyridine rings is 1. The van der Waals surface area contributed by atoms with Crippen molar-refractivity contribution in [3.05, 3.63) is 30.1 Å². The van der Waals surface area contributed by atoms with Crippen molar-refractivity contribution in [1.82, 2.24) is 9.88 Å². The normalized spacial score (nSPS) is 20.6. The predicted molar refractivity (Wildman–Crippen MR) is 95.1 cm³/mol. The first-order chi connectivity index (χ1) is 11.0. The fraction of sp³-hybridized carbons (Fsp3) is 0.650. The third-order valence-electron chi connectivity index (χ3n) is 4.03.